The van der Waals surface area contributed by atoms with E-state index in [-0.39, 0.29) is 5.60 Å². The Balaban J connectivity index is 1.90. The van der Waals surface area contributed by atoms with Crippen LogP contribution < -0.4 is 5.32 Å². The summed E-state index contributed by atoms with van der Waals surface area (Å²) in [6, 6.07) is 0.622. The molecule has 2 aliphatic rings. The van der Waals surface area contributed by atoms with Crippen LogP contribution in [0.15, 0.2) is 0 Å². The Labute approximate surface area is 130 Å². The molecule has 0 aromatic carbocycles. The lowest BCUT2D eigenvalue weighted by atomic mass is 9.80. The van der Waals surface area contributed by atoms with E-state index in [1.165, 1.54) is 25.8 Å². The van der Waals surface area contributed by atoms with Crippen molar-refractivity contribution in [3.8, 4) is 0 Å². The maximum Gasteiger partial charge on any atom is 0.0939 e. The average molecular weight is 298 g/mol. The second kappa shape index (κ2) is 8.47. The van der Waals surface area contributed by atoms with Gasteiger partial charge in [-0.05, 0) is 51.4 Å². The second-order valence-corrected chi connectivity index (χ2v) is 6.57. The predicted octanol–water partition coefficient (Wildman–Crippen LogP) is 2.28. The minimum Gasteiger partial charge on any atom is -0.378 e. The summed E-state index contributed by atoms with van der Waals surface area (Å²) in [4.78, 5) is 2.53. The second-order valence-electron chi connectivity index (χ2n) is 6.57. The largest absolute Gasteiger partial charge is 0.378 e. The summed E-state index contributed by atoms with van der Waals surface area (Å²) in [6.45, 7) is 13.9. The number of hydrogen-bond donors (Lipinski definition) is 1. The van der Waals surface area contributed by atoms with E-state index in [0.717, 1.165) is 51.8 Å². The van der Waals surface area contributed by atoms with Gasteiger partial charge in [-0.3, -0.25) is 0 Å². The summed E-state index contributed by atoms with van der Waals surface area (Å²) in [6.07, 6.45) is 4.69. The van der Waals surface area contributed by atoms with Crippen molar-refractivity contribution in [3.63, 3.8) is 0 Å². The fourth-order valence-corrected chi connectivity index (χ4v) is 3.90. The molecular formula is C17H34N2O2. The Morgan fingerprint density at radius 3 is 2.67 bits per heavy atom. The van der Waals surface area contributed by atoms with Crippen LogP contribution in [-0.2, 0) is 9.47 Å². The first kappa shape index (κ1) is 17.2. The van der Waals surface area contributed by atoms with Crippen molar-refractivity contribution in [1.29, 1.82) is 0 Å². The summed E-state index contributed by atoms with van der Waals surface area (Å²) in [7, 11) is 0. The molecule has 3 unspecified atom stereocenters. The van der Waals surface area contributed by atoms with E-state index >= 15 is 0 Å². The molecule has 124 valence electrons. The van der Waals surface area contributed by atoms with E-state index in [1.807, 2.05) is 0 Å². The van der Waals surface area contributed by atoms with Crippen molar-refractivity contribution >= 4 is 0 Å². The Morgan fingerprint density at radius 1 is 1.24 bits per heavy atom. The van der Waals surface area contributed by atoms with Crippen LogP contribution >= 0.6 is 0 Å². The fraction of sp³-hybridized carbons (Fsp3) is 1.00. The zero-order chi connectivity index (χ0) is 15.1. The molecule has 0 aliphatic carbocycles. The Hall–Kier alpha value is -0.160. The zero-order valence-electron chi connectivity index (χ0n) is 14.2. The van der Waals surface area contributed by atoms with Crippen LogP contribution in [0.1, 0.15) is 46.5 Å². The molecule has 3 atom stereocenters. The van der Waals surface area contributed by atoms with Crippen LogP contribution in [0.4, 0.5) is 0 Å². The van der Waals surface area contributed by atoms with Crippen LogP contribution in [-0.4, -0.2) is 62.5 Å². The molecule has 2 saturated heterocycles. The van der Waals surface area contributed by atoms with Crippen molar-refractivity contribution < 1.29 is 9.47 Å². The van der Waals surface area contributed by atoms with Gasteiger partial charge in [0, 0.05) is 25.7 Å². The van der Waals surface area contributed by atoms with Gasteiger partial charge in [0.15, 0.2) is 0 Å². The molecule has 0 bridgehead atoms. The molecule has 2 aliphatic heterocycles. The lowest BCUT2D eigenvalue weighted by Gasteiger charge is -2.41. The molecule has 2 rings (SSSR count). The minimum atomic E-state index is 0.0335. The average Bonchev–Trinajstić information content (AvgIpc) is 2.95. The van der Waals surface area contributed by atoms with Crippen molar-refractivity contribution in [2.45, 2.75) is 58.1 Å². The summed E-state index contributed by atoms with van der Waals surface area (Å²) in [5.41, 5.74) is 0.0335. The number of ether oxygens (including phenoxy) is 2. The molecule has 0 amide bonds. The Kier molecular flexibility index (Phi) is 6.93. The summed E-state index contributed by atoms with van der Waals surface area (Å²) >= 11 is 0. The first-order valence-corrected chi connectivity index (χ1v) is 8.90. The molecule has 4 heteroatoms. The van der Waals surface area contributed by atoms with Gasteiger partial charge in [0.1, 0.15) is 0 Å². The first-order chi connectivity index (χ1) is 10.2. The maximum atomic E-state index is 6.09. The minimum absolute atomic E-state index is 0.0335. The van der Waals surface area contributed by atoms with E-state index in [4.69, 9.17) is 9.47 Å². The Bertz CT molecular complexity index is 289. The van der Waals surface area contributed by atoms with Crippen molar-refractivity contribution in [2.75, 3.05) is 46.0 Å². The molecule has 1 N–H and O–H groups in total. The quantitative estimate of drug-likeness (QED) is 0.745. The van der Waals surface area contributed by atoms with Gasteiger partial charge < -0.3 is 19.7 Å². The van der Waals surface area contributed by atoms with Gasteiger partial charge in [-0.15, -0.1) is 0 Å². The third-order valence-corrected chi connectivity index (χ3v) is 5.28. The van der Waals surface area contributed by atoms with E-state index < -0.39 is 0 Å². The standard InChI is InChI=1S/C17H34N2O2/c1-4-18-16(7-10-19(5-2)6-3)15-8-11-21-17(13-15)9-12-20-14-17/h15-16,18H,4-14H2,1-3H3. The van der Waals surface area contributed by atoms with Gasteiger partial charge in [0.25, 0.3) is 0 Å². The van der Waals surface area contributed by atoms with E-state index in [2.05, 4.69) is 31.0 Å². The third-order valence-electron chi connectivity index (χ3n) is 5.28. The molecular weight excluding hydrogens is 264 g/mol. The highest BCUT2D eigenvalue weighted by Crippen LogP contribution is 2.37. The van der Waals surface area contributed by atoms with Gasteiger partial charge in [-0.1, -0.05) is 20.8 Å². The summed E-state index contributed by atoms with van der Waals surface area (Å²) in [5.74, 6) is 0.732. The molecule has 0 radical (unpaired) electrons. The highest BCUT2D eigenvalue weighted by molar-refractivity contribution is 4.93. The van der Waals surface area contributed by atoms with Gasteiger partial charge in [0.05, 0.1) is 12.2 Å². The molecule has 2 fully saturated rings. The monoisotopic (exact) mass is 298 g/mol. The normalized spacial score (nSPS) is 31.1. The van der Waals surface area contributed by atoms with E-state index in [1.54, 1.807) is 0 Å². The first-order valence-electron chi connectivity index (χ1n) is 8.90. The summed E-state index contributed by atoms with van der Waals surface area (Å²) < 4.78 is 11.7. The van der Waals surface area contributed by atoms with Gasteiger partial charge in [0.2, 0.25) is 0 Å². The number of hydrogen-bond acceptors (Lipinski definition) is 4. The van der Waals surface area contributed by atoms with E-state index in [0.29, 0.717) is 6.04 Å². The van der Waals surface area contributed by atoms with Gasteiger partial charge in [-0.25, -0.2) is 0 Å². The topological polar surface area (TPSA) is 33.7 Å². The van der Waals surface area contributed by atoms with Crippen LogP contribution in [0.5, 0.6) is 0 Å². The summed E-state index contributed by atoms with van der Waals surface area (Å²) in [5, 5.41) is 3.74. The van der Waals surface area contributed by atoms with Crippen molar-refractivity contribution in [3.05, 3.63) is 0 Å². The fourth-order valence-electron chi connectivity index (χ4n) is 3.90. The van der Waals surface area contributed by atoms with Gasteiger partial charge >= 0.3 is 0 Å². The molecule has 21 heavy (non-hydrogen) atoms. The van der Waals surface area contributed by atoms with Crippen LogP contribution in [0.25, 0.3) is 0 Å². The lowest BCUT2D eigenvalue weighted by Crippen LogP contribution is -2.48. The predicted molar refractivity (Wildman–Crippen MR) is 86.7 cm³/mol. The van der Waals surface area contributed by atoms with Crippen molar-refractivity contribution in [2.24, 2.45) is 5.92 Å². The number of nitrogens with zero attached hydrogens (tertiary/aromatic N) is 1. The lowest BCUT2D eigenvalue weighted by molar-refractivity contribution is -0.103. The number of rotatable bonds is 8. The highest BCUT2D eigenvalue weighted by Gasteiger charge is 2.42. The maximum absolute atomic E-state index is 6.09. The van der Waals surface area contributed by atoms with Gasteiger partial charge in [-0.2, -0.15) is 0 Å². The number of nitrogens with one attached hydrogen (secondary N) is 1. The Morgan fingerprint density at radius 2 is 2.05 bits per heavy atom. The highest BCUT2D eigenvalue weighted by atomic mass is 16.6. The molecule has 1 spiro atoms. The molecule has 0 saturated carbocycles. The van der Waals surface area contributed by atoms with Crippen LogP contribution in [0.2, 0.25) is 0 Å². The van der Waals surface area contributed by atoms with E-state index in [9.17, 15) is 0 Å². The molecule has 0 aromatic heterocycles. The molecule has 0 aromatic rings. The van der Waals surface area contributed by atoms with Crippen molar-refractivity contribution in [1.82, 2.24) is 10.2 Å². The molecule has 2 heterocycles. The van der Waals surface area contributed by atoms with Crippen LogP contribution in [0.3, 0.4) is 0 Å². The zero-order valence-corrected chi connectivity index (χ0v) is 14.2. The SMILES string of the molecule is CCNC(CCN(CC)CC)C1CCOC2(CCOC2)C1. The molecule has 4 nitrogen and oxygen atoms in total. The smallest absolute Gasteiger partial charge is 0.0939 e. The van der Waals surface area contributed by atoms with Crippen LogP contribution in [0, 0.1) is 5.92 Å². The third kappa shape index (κ3) is 4.65.